The van der Waals surface area contributed by atoms with Gasteiger partial charge in [0.25, 0.3) is 5.69 Å². The van der Waals surface area contributed by atoms with Crippen molar-refractivity contribution in [2.75, 3.05) is 18.0 Å². The lowest BCUT2D eigenvalue weighted by molar-refractivity contribution is -0.384. The van der Waals surface area contributed by atoms with Crippen molar-refractivity contribution in [3.8, 4) is 0 Å². The first-order chi connectivity index (χ1) is 10.1. The summed E-state index contributed by atoms with van der Waals surface area (Å²) in [7, 11) is 0. The zero-order chi connectivity index (χ0) is 15.4. The van der Waals surface area contributed by atoms with E-state index in [1.807, 2.05) is 13.0 Å². The molecule has 21 heavy (non-hydrogen) atoms. The molecule has 1 aromatic rings. The highest BCUT2D eigenvalue weighted by Gasteiger charge is 2.29. The molecular weight excluding hydrogens is 266 g/mol. The van der Waals surface area contributed by atoms with Gasteiger partial charge in [0.2, 0.25) is 0 Å². The van der Waals surface area contributed by atoms with Gasteiger partial charge in [-0.3, -0.25) is 10.1 Å². The van der Waals surface area contributed by atoms with Gasteiger partial charge in [-0.2, -0.15) is 0 Å². The molecule has 0 radical (unpaired) electrons. The standard InChI is InChI=1S/C16H25N3O2/c1-3-18(16-7-5-4-6-13(16)11-17)14-8-12(2)9-15(10-14)19(20)21/h8-10,13,16H,3-7,11,17H2,1-2H3. The zero-order valence-corrected chi connectivity index (χ0v) is 12.9. The molecule has 1 fully saturated rings. The summed E-state index contributed by atoms with van der Waals surface area (Å²) in [5.74, 6) is 0.485. The van der Waals surface area contributed by atoms with E-state index in [0.717, 1.165) is 30.6 Å². The number of rotatable bonds is 5. The Bertz CT molecular complexity index is 504. The summed E-state index contributed by atoms with van der Waals surface area (Å²) in [6.45, 7) is 5.55. The average molecular weight is 291 g/mol. The van der Waals surface area contributed by atoms with E-state index < -0.39 is 0 Å². The molecule has 5 heteroatoms. The quantitative estimate of drug-likeness (QED) is 0.667. The van der Waals surface area contributed by atoms with Crippen molar-refractivity contribution in [2.24, 2.45) is 11.7 Å². The Morgan fingerprint density at radius 1 is 1.33 bits per heavy atom. The summed E-state index contributed by atoms with van der Waals surface area (Å²) in [5.41, 5.74) is 7.99. The van der Waals surface area contributed by atoms with Crippen LogP contribution in [0, 0.1) is 23.0 Å². The number of nitro benzene ring substituents is 1. The molecule has 0 amide bonds. The fourth-order valence-corrected chi connectivity index (χ4v) is 3.50. The first-order valence-electron chi connectivity index (χ1n) is 7.79. The van der Waals surface area contributed by atoms with Gasteiger partial charge in [-0.05, 0) is 50.8 Å². The van der Waals surface area contributed by atoms with Crippen molar-refractivity contribution in [3.63, 3.8) is 0 Å². The van der Waals surface area contributed by atoms with Crippen LogP contribution in [0.3, 0.4) is 0 Å². The summed E-state index contributed by atoms with van der Waals surface area (Å²) in [6.07, 6.45) is 4.73. The van der Waals surface area contributed by atoms with E-state index in [-0.39, 0.29) is 10.6 Å². The molecule has 116 valence electrons. The molecule has 0 spiro atoms. The molecule has 0 bridgehead atoms. The average Bonchev–Trinajstić information content (AvgIpc) is 2.48. The number of hydrogen-bond donors (Lipinski definition) is 1. The molecular formula is C16H25N3O2. The van der Waals surface area contributed by atoms with Crippen LogP contribution in [0.15, 0.2) is 18.2 Å². The van der Waals surface area contributed by atoms with Crippen LogP contribution in [0.1, 0.15) is 38.2 Å². The minimum atomic E-state index is -0.314. The van der Waals surface area contributed by atoms with Gasteiger partial charge in [-0.1, -0.05) is 12.8 Å². The van der Waals surface area contributed by atoms with Crippen LogP contribution in [0.5, 0.6) is 0 Å². The molecule has 0 heterocycles. The zero-order valence-electron chi connectivity index (χ0n) is 12.9. The van der Waals surface area contributed by atoms with Gasteiger partial charge in [-0.15, -0.1) is 0 Å². The maximum atomic E-state index is 11.1. The molecule has 2 unspecified atom stereocenters. The van der Waals surface area contributed by atoms with Gasteiger partial charge in [0, 0.05) is 30.4 Å². The number of nitro groups is 1. The Hall–Kier alpha value is -1.62. The van der Waals surface area contributed by atoms with Gasteiger partial charge in [-0.25, -0.2) is 0 Å². The first-order valence-corrected chi connectivity index (χ1v) is 7.79. The number of non-ortho nitro benzene ring substituents is 1. The summed E-state index contributed by atoms with van der Waals surface area (Å²) in [4.78, 5) is 13.1. The van der Waals surface area contributed by atoms with Crippen LogP contribution in [-0.4, -0.2) is 24.1 Å². The second kappa shape index (κ2) is 6.89. The highest BCUT2D eigenvalue weighted by Crippen LogP contribution is 2.33. The summed E-state index contributed by atoms with van der Waals surface area (Å²) in [6, 6.07) is 5.76. The van der Waals surface area contributed by atoms with E-state index in [9.17, 15) is 10.1 Å². The summed E-state index contributed by atoms with van der Waals surface area (Å²) < 4.78 is 0. The topological polar surface area (TPSA) is 72.4 Å². The molecule has 2 N–H and O–H groups in total. The smallest absolute Gasteiger partial charge is 0.271 e. The van der Waals surface area contributed by atoms with Crippen molar-refractivity contribution in [2.45, 2.75) is 45.6 Å². The van der Waals surface area contributed by atoms with Gasteiger partial charge in [0.1, 0.15) is 0 Å². The lowest BCUT2D eigenvalue weighted by Crippen LogP contribution is -2.45. The Balaban J connectivity index is 2.33. The largest absolute Gasteiger partial charge is 0.368 e. The van der Waals surface area contributed by atoms with Gasteiger partial charge < -0.3 is 10.6 Å². The first kappa shape index (κ1) is 15.8. The lowest BCUT2D eigenvalue weighted by Gasteiger charge is -2.40. The fourth-order valence-electron chi connectivity index (χ4n) is 3.50. The van der Waals surface area contributed by atoms with E-state index in [1.54, 1.807) is 12.1 Å². The molecule has 0 aromatic heterocycles. The lowest BCUT2D eigenvalue weighted by atomic mass is 9.83. The van der Waals surface area contributed by atoms with E-state index in [4.69, 9.17) is 5.73 Å². The molecule has 0 saturated heterocycles. The number of aryl methyl sites for hydroxylation is 1. The number of nitrogens with zero attached hydrogens (tertiary/aromatic N) is 2. The predicted octanol–water partition coefficient (Wildman–Crippen LogP) is 3.25. The van der Waals surface area contributed by atoms with Crippen LogP contribution in [-0.2, 0) is 0 Å². The normalized spacial score (nSPS) is 22.0. The number of benzene rings is 1. The van der Waals surface area contributed by atoms with Gasteiger partial charge in [0.15, 0.2) is 0 Å². The number of nitrogens with two attached hydrogens (primary N) is 1. The monoisotopic (exact) mass is 291 g/mol. The third-order valence-corrected chi connectivity index (χ3v) is 4.50. The van der Waals surface area contributed by atoms with Crippen LogP contribution in [0.2, 0.25) is 0 Å². The Morgan fingerprint density at radius 3 is 2.67 bits per heavy atom. The van der Waals surface area contributed by atoms with Crippen LogP contribution in [0.25, 0.3) is 0 Å². The summed E-state index contributed by atoms with van der Waals surface area (Å²) >= 11 is 0. The van der Waals surface area contributed by atoms with E-state index >= 15 is 0 Å². The highest BCUT2D eigenvalue weighted by atomic mass is 16.6. The highest BCUT2D eigenvalue weighted by molar-refractivity contribution is 5.56. The van der Waals surface area contributed by atoms with Crippen molar-refractivity contribution in [1.82, 2.24) is 0 Å². The van der Waals surface area contributed by atoms with Crippen molar-refractivity contribution in [1.29, 1.82) is 0 Å². The Morgan fingerprint density at radius 2 is 2.05 bits per heavy atom. The van der Waals surface area contributed by atoms with Crippen molar-refractivity contribution >= 4 is 11.4 Å². The molecule has 1 aliphatic rings. The number of anilines is 1. The maximum absolute atomic E-state index is 11.1. The molecule has 1 aliphatic carbocycles. The molecule has 2 rings (SSSR count). The van der Waals surface area contributed by atoms with Crippen molar-refractivity contribution in [3.05, 3.63) is 33.9 Å². The van der Waals surface area contributed by atoms with Gasteiger partial charge in [0.05, 0.1) is 4.92 Å². The van der Waals surface area contributed by atoms with E-state index in [0.29, 0.717) is 18.5 Å². The SMILES string of the molecule is CCN(c1cc(C)cc([N+](=O)[O-])c1)C1CCCCC1CN. The summed E-state index contributed by atoms with van der Waals surface area (Å²) in [5, 5.41) is 11.1. The maximum Gasteiger partial charge on any atom is 0.271 e. The van der Waals surface area contributed by atoms with E-state index in [2.05, 4.69) is 11.8 Å². The molecule has 0 aliphatic heterocycles. The molecule has 1 saturated carbocycles. The minimum absolute atomic E-state index is 0.170. The van der Waals surface area contributed by atoms with Crippen LogP contribution >= 0.6 is 0 Å². The predicted molar refractivity (Wildman–Crippen MR) is 85.7 cm³/mol. The molecule has 2 atom stereocenters. The third-order valence-electron chi connectivity index (χ3n) is 4.50. The molecule has 5 nitrogen and oxygen atoms in total. The Kier molecular flexibility index (Phi) is 5.17. The van der Waals surface area contributed by atoms with Crippen molar-refractivity contribution < 1.29 is 4.92 Å². The second-order valence-electron chi connectivity index (χ2n) is 5.92. The number of hydrogen-bond acceptors (Lipinski definition) is 4. The Labute approximate surface area is 126 Å². The fraction of sp³-hybridized carbons (Fsp3) is 0.625. The van der Waals surface area contributed by atoms with Crippen LogP contribution < -0.4 is 10.6 Å². The third kappa shape index (κ3) is 3.53. The molecule has 1 aromatic carbocycles. The van der Waals surface area contributed by atoms with E-state index in [1.165, 1.54) is 12.8 Å². The minimum Gasteiger partial charge on any atom is -0.368 e. The van der Waals surface area contributed by atoms with Crippen LogP contribution in [0.4, 0.5) is 11.4 Å². The second-order valence-corrected chi connectivity index (χ2v) is 5.92. The van der Waals surface area contributed by atoms with Gasteiger partial charge >= 0.3 is 0 Å².